The number of nitrogens with one attached hydrogen (secondary N) is 1. The van der Waals surface area contributed by atoms with Gasteiger partial charge >= 0.3 is 47.7 Å². The number of carbonyl (C=O) groups is 2. The van der Waals surface area contributed by atoms with Crippen molar-refractivity contribution in [2.45, 2.75) is 41.7 Å². The first-order valence-electron chi connectivity index (χ1n) is 7.29. The molecule has 0 saturated heterocycles. The van der Waals surface area contributed by atoms with Crippen LogP contribution in [0, 0.1) is 0 Å². The number of ether oxygens (including phenoxy) is 1. The van der Waals surface area contributed by atoms with Crippen molar-refractivity contribution in [3.63, 3.8) is 0 Å². The Bertz CT molecular complexity index is 729. The van der Waals surface area contributed by atoms with Crippen molar-refractivity contribution in [3.8, 4) is 0 Å². The van der Waals surface area contributed by atoms with E-state index in [4.69, 9.17) is 0 Å². The van der Waals surface area contributed by atoms with Gasteiger partial charge in [-0.2, -0.15) is 65.9 Å². The van der Waals surface area contributed by atoms with Crippen LogP contribution >= 0.6 is 0 Å². The summed E-state index contributed by atoms with van der Waals surface area (Å²) in [7, 11) is 0. The van der Waals surface area contributed by atoms with Crippen molar-refractivity contribution in [3.05, 3.63) is 12.7 Å². The zero-order valence-corrected chi connectivity index (χ0v) is 14.6. The average Bonchev–Trinajstić information content (AvgIpc) is 2.62. The molecule has 1 amide bonds. The van der Waals surface area contributed by atoms with E-state index in [0.717, 1.165) is 0 Å². The molecule has 0 radical (unpaired) electrons. The molecule has 0 aliphatic carbocycles. The minimum absolute atomic E-state index is 0.462. The van der Waals surface area contributed by atoms with E-state index < -0.39 is 66.7 Å². The molecule has 0 spiro atoms. The molecule has 19 heteroatoms. The van der Waals surface area contributed by atoms with Crippen LogP contribution in [0.15, 0.2) is 12.7 Å². The van der Waals surface area contributed by atoms with E-state index >= 15 is 0 Å². The summed E-state index contributed by atoms with van der Waals surface area (Å²) in [4.78, 5) is 21.6. The SMILES string of the molecule is C=CC(=O)OCCNC(=O)C(F)(F)C(F)(F)C(F)(F)C(F)(F)C(F)(F)C(F)(F)C(F)(F)F. The molecule has 0 aliphatic rings. The molecule has 0 atom stereocenters. The summed E-state index contributed by atoms with van der Waals surface area (Å²) in [5, 5.41) is 0.651. The van der Waals surface area contributed by atoms with Crippen LogP contribution in [0.4, 0.5) is 65.9 Å². The Morgan fingerprint density at radius 1 is 0.688 bits per heavy atom. The highest BCUT2D eigenvalue weighted by Gasteiger charge is 2.94. The fraction of sp³-hybridized carbons (Fsp3) is 0.692. The molecule has 0 bridgehead atoms. The number of amides is 1. The second kappa shape index (κ2) is 8.53. The zero-order valence-electron chi connectivity index (χ0n) is 14.6. The molecule has 0 rings (SSSR count). The van der Waals surface area contributed by atoms with Crippen molar-refractivity contribution in [1.29, 1.82) is 0 Å². The quantitative estimate of drug-likeness (QED) is 0.207. The maximum Gasteiger partial charge on any atom is 0.460 e. The first kappa shape index (κ1) is 29.6. The second-order valence-electron chi connectivity index (χ2n) is 5.57. The minimum atomic E-state index is -8.48. The van der Waals surface area contributed by atoms with Gasteiger partial charge in [0.15, 0.2) is 0 Å². The normalized spacial score (nSPS) is 14.7. The molecule has 0 aromatic rings. The molecule has 0 aromatic heterocycles. The van der Waals surface area contributed by atoms with Gasteiger partial charge in [-0.3, -0.25) is 4.79 Å². The molecular weight excluding hydrogens is 503 g/mol. The second-order valence-corrected chi connectivity index (χ2v) is 5.57. The van der Waals surface area contributed by atoms with Gasteiger partial charge in [0, 0.05) is 6.08 Å². The Morgan fingerprint density at radius 3 is 1.44 bits per heavy atom. The Hall–Kier alpha value is -2.37. The topological polar surface area (TPSA) is 55.4 Å². The molecule has 1 N–H and O–H groups in total. The Balaban J connectivity index is 6.07. The van der Waals surface area contributed by atoms with E-state index in [1.165, 1.54) is 0 Å². The van der Waals surface area contributed by atoms with E-state index in [1.54, 1.807) is 0 Å². The van der Waals surface area contributed by atoms with Crippen molar-refractivity contribution < 1.29 is 80.2 Å². The summed E-state index contributed by atoms with van der Waals surface area (Å²) in [6.07, 6.45) is -7.25. The highest BCUT2D eigenvalue weighted by Crippen LogP contribution is 2.62. The molecular formula is C13H8F15NO3. The van der Waals surface area contributed by atoms with Gasteiger partial charge in [0.05, 0.1) is 6.54 Å². The number of hydrogen-bond acceptors (Lipinski definition) is 3. The maximum absolute atomic E-state index is 13.4. The molecule has 0 saturated carbocycles. The summed E-state index contributed by atoms with van der Waals surface area (Å²) >= 11 is 0. The van der Waals surface area contributed by atoms with Crippen LogP contribution in [0.2, 0.25) is 0 Å². The number of alkyl halides is 15. The van der Waals surface area contributed by atoms with Crippen LogP contribution in [0.1, 0.15) is 0 Å². The van der Waals surface area contributed by atoms with Gasteiger partial charge in [-0.25, -0.2) is 4.79 Å². The minimum Gasteiger partial charge on any atom is -0.461 e. The van der Waals surface area contributed by atoms with Crippen LogP contribution in [0.25, 0.3) is 0 Å². The maximum atomic E-state index is 13.4. The average molecular weight is 511 g/mol. The smallest absolute Gasteiger partial charge is 0.460 e. The highest BCUT2D eigenvalue weighted by atomic mass is 19.4. The lowest BCUT2D eigenvalue weighted by Crippen LogP contribution is -2.74. The van der Waals surface area contributed by atoms with Gasteiger partial charge in [0.2, 0.25) is 0 Å². The lowest BCUT2D eigenvalue weighted by Gasteiger charge is -2.41. The van der Waals surface area contributed by atoms with E-state index in [1.807, 2.05) is 0 Å². The molecule has 0 heterocycles. The Kier molecular flexibility index (Phi) is 7.89. The summed E-state index contributed by atoms with van der Waals surface area (Å²) < 4.78 is 198. The fourth-order valence-corrected chi connectivity index (χ4v) is 1.60. The third kappa shape index (κ3) is 4.41. The molecule has 32 heavy (non-hydrogen) atoms. The number of hydrogen-bond donors (Lipinski definition) is 1. The summed E-state index contributed by atoms with van der Waals surface area (Å²) in [6, 6.07) is 0. The van der Waals surface area contributed by atoms with Crippen LogP contribution in [0.5, 0.6) is 0 Å². The summed E-state index contributed by atoms with van der Waals surface area (Å²) in [5.74, 6) is -53.2. The predicted octanol–water partition coefficient (Wildman–Crippen LogP) is 4.21. The number of esters is 1. The van der Waals surface area contributed by atoms with Gasteiger partial charge in [0.25, 0.3) is 5.91 Å². The van der Waals surface area contributed by atoms with Gasteiger partial charge in [-0.1, -0.05) is 6.58 Å². The number of carbonyl (C=O) groups excluding carboxylic acids is 2. The van der Waals surface area contributed by atoms with Crippen LogP contribution in [0.3, 0.4) is 0 Å². The van der Waals surface area contributed by atoms with E-state index in [2.05, 4.69) is 11.3 Å². The lowest BCUT2D eigenvalue weighted by molar-refractivity contribution is -0.449. The molecule has 0 unspecified atom stereocenters. The van der Waals surface area contributed by atoms with Crippen LogP contribution in [-0.2, 0) is 14.3 Å². The molecule has 0 aromatic carbocycles. The van der Waals surface area contributed by atoms with Crippen LogP contribution in [-0.4, -0.2) is 66.7 Å². The van der Waals surface area contributed by atoms with Crippen molar-refractivity contribution >= 4 is 11.9 Å². The van der Waals surface area contributed by atoms with Crippen molar-refractivity contribution in [2.24, 2.45) is 0 Å². The monoisotopic (exact) mass is 511 g/mol. The third-order valence-corrected chi connectivity index (χ3v) is 3.41. The lowest BCUT2D eigenvalue weighted by atomic mass is 9.91. The first-order valence-corrected chi connectivity index (χ1v) is 7.29. The van der Waals surface area contributed by atoms with E-state index in [9.17, 15) is 75.4 Å². The fourth-order valence-electron chi connectivity index (χ4n) is 1.60. The standard InChI is InChI=1S/C13H8F15NO3/c1-2-5(30)32-4-3-29-6(31)7(14,15)8(16,17)9(18,19)10(20,21)11(22,23)12(24,25)13(26,27)28/h2H,1,3-4H2,(H,29,31). The Morgan fingerprint density at radius 2 is 1.06 bits per heavy atom. The number of rotatable bonds is 10. The Labute approximate surface area is 166 Å². The van der Waals surface area contributed by atoms with Gasteiger partial charge in [0.1, 0.15) is 6.61 Å². The first-order chi connectivity index (χ1) is 13.9. The van der Waals surface area contributed by atoms with Crippen molar-refractivity contribution in [2.75, 3.05) is 13.2 Å². The van der Waals surface area contributed by atoms with Gasteiger partial charge in [-0.15, -0.1) is 0 Å². The number of halogens is 15. The molecule has 0 aliphatic heterocycles. The molecule has 0 fully saturated rings. The van der Waals surface area contributed by atoms with Gasteiger partial charge < -0.3 is 10.1 Å². The highest BCUT2D eigenvalue weighted by molar-refractivity contribution is 5.85. The predicted molar refractivity (Wildman–Crippen MR) is 69.9 cm³/mol. The largest absolute Gasteiger partial charge is 0.461 e. The van der Waals surface area contributed by atoms with E-state index in [0.29, 0.717) is 11.4 Å². The molecule has 188 valence electrons. The summed E-state index contributed by atoms with van der Waals surface area (Å²) in [5.41, 5.74) is 0. The third-order valence-electron chi connectivity index (χ3n) is 3.41. The summed E-state index contributed by atoms with van der Waals surface area (Å²) in [6.45, 7) is 0.323. The zero-order chi connectivity index (χ0) is 26.2. The van der Waals surface area contributed by atoms with Gasteiger partial charge in [-0.05, 0) is 0 Å². The van der Waals surface area contributed by atoms with Crippen LogP contribution < -0.4 is 5.32 Å². The van der Waals surface area contributed by atoms with E-state index in [-0.39, 0.29) is 0 Å². The van der Waals surface area contributed by atoms with Crippen molar-refractivity contribution in [1.82, 2.24) is 5.32 Å². The molecule has 4 nitrogen and oxygen atoms in total.